The number of methoxy groups -OCH3 is 1. The molecule has 5 nitrogen and oxygen atoms in total. The number of ether oxygens (including phenoxy) is 1. The lowest BCUT2D eigenvalue weighted by Crippen LogP contribution is -2.25. The number of sulfonamides is 1. The number of hydrogen-bond donors (Lipinski definition) is 2. The van der Waals surface area contributed by atoms with Crippen molar-refractivity contribution in [3.8, 4) is 5.75 Å². The van der Waals surface area contributed by atoms with Crippen molar-refractivity contribution in [1.82, 2.24) is 4.72 Å². The summed E-state index contributed by atoms with van der Waals surface area (Å²) >= 11 is 0. The maximum Gasteiger partial charge on any atom is 0.244 e. The Morgan fingerprint density at radius 1 is 1.35 bits per heavy atom. The van der Waals surface area contributed by atoms with Crippen LogP contribution in [0.25, 0.3) is 0 Å². The smallest absolute Gasteiger partial charge is 0.244 e. The van der Waals surface area contributed by atoms with Gasteiger partial charge in [-0.2, -0.15) is 0 Å². The van der Waals surface area contributed by atoms with Crippen molar-refractivity contribution in [2.24, 2.45) is 5.92 Å². The van der Waals surface area contributed by atoms with E-state index in [1.807, 2.05) is 0 Å². The minimum atomic E-state index is -3.58. The van der Waals surface area contributed by atoms with E-state index in [0.29, 0.717) is 18.0 Å². The molecule has 1 rings (SSSR count). The van der Waals surface area contributed by atoms with E-state index >= 15 is 0 Å². The lowest BCUT2D eigenvalue weighted by Gasteiger charge is -2.12. The number of hydrogen-bond acceptors (Lipinski definition) is 4. The van der Waals surface area contributed by atoms with Crippen molar-refractivity contribution < 1.29 is 18.3 Å². The minimum Gasteiger partial charge on any atom is -0.495 e. The summed E-state index contributed by atoms with van der Waals surface area (Å²) in [5.41, 5.74) is 0.612. The third-order valence-corrected chi connectivity index (χ3v) is 4.45. The SMILES string of the molecule is COc1cc(CO)ccc1S(=O)(=O)NCCCC(C)C. The van der Waals surface area contributed by atoms with E-state index in [-0.39, 0.29) is 17.3 Å². The number of aliphatic hydroxyl groups excluding tert-OH is 1. The van der Waals surface area contributed by atoms with Crippen LogP contribution in [-0.2, 0) is 16.6 Å². The Labute approximate surface area is 121 Å². The first-order valence-electron chi connectivity index (χ1n) is 6.68. The van der Waals surface area contributed by atoms with Crippen LogP contribution < -0.4 is 9.46 Å². The Morgan fingerprint density at radius 3 is 2.60 bits per heavy atom. The van der Waals surface area contributed by atoms with Gasteiger partial charge in [0, 0.05) is 6.54 Å². The Hall–Kier alpha value is -1.11. The zero-order chi connectivity index (χ0) is 15.2. The zero-order valence-corrected chi connectivity index (χ0v) is 13.0. The second-order valence-electron chi connectivity index (χ2n) is 5.08. The van der Waals surface area contributed by atoms with Gasteiger partial charge in [-0.1, -0.05) is 19.9 Å². The molecule has 0 aliphatic carbocycles. The van der Waals surface area contributed by atoms with Crippen LogP contribution in [0.4, 0.5) is 0 Å². The minimum absolute atomic E-state index is 0.0988. The number of rotatable bonds is 8. The van der Waals surface area contributed by atoms with Crippen molar-refractivity contribution >= 4 is 10.0 Å². The van der Waals surface area contributed by atoms with Crippen LogP contribution in [0.5, 0.6) is 5.75 Å². The van der Waals surface area contributed by atoms with Gasteiger partial charge in [0.25, 0.3) is 0 Å². The summed E-state index contributed by atoms with van der Waals surface area (Å²) in [5.74, 6) is 0.797. The van der Waals surface area contributed by atoms with Crippen LogP contribution in [0.2, 0.25) is 0 Å². The van der Waals surface area contributed by atoms with Gasteiger partial charge in [-0.25, -0.2) is 13.1 Å². The highest BCUT2D eigenvalue weighted by molar-refractivity contribution is 7.89. The molecule has 0 spiro atoms. The van der Waals surface area contributed by atoms with Crippen LogP contribution in [0.1, 0.15) is 32.3 Å². The molecule has 0 heterocycles. The Balaban J connectivity index is 2.81. The van der Waals surface area contributed by atoms with E-state index in [2.05, 4.69) is 18.6 Å². The summed E-state index contributed by atoms with van der Waals surface area (Å²) < 4.78 is 32.1. The lowest BCUT2D eigenvalue weighted by atomic mass is 10.1. The van der Waals surface area contributed by atoms with E-state index < -0.39 is 10.0 Å². The van der Waals surface area contributed by atoms with Gasteiger partial charge >= 0.3 is 0 Å². The molecule has 0 aromatic heterocycles. The van der Waals surface area contributed by atoms with Crippen molar-refractivity contribution in [3.63, 3.8) is 0 Å². The molecule has 0 saturated heterocycles. The molecule has 1 aromatic carbocycles. The van der Waals surface area contributed by atoms with E-state index in [1.165, 1.54) is 19.2 Å². The quantitative estimate of drug-likeness (QED) is 0.719. The molecule has 114 valence electrons. The highest BCUT2D eigenvalue weighted by atomic mass is 32.2. The fraction of sp³-hybridized carbons (Fsp3) is 0.571. The normalized spacial score (nSPS) is 11.8. The molecule has 6 heteroatoms. The molecule has 0 aliphatic rings. The van der Waals surface area contributed by atoms with Crippen molar-refractivity contribution in [2.75, 3.05) is 13.7 Å². The standard InChI is InChI=1S/C14H23NO4S/c1-11(2)5-4-8-15-20(17,18)14-7-6-12(10-16)9-13(14)19-3/h6-7,9,11,15-16H,4-5,8,10H2,1-3H3. The predicted octanol–water partition coefficient (Wildman–Crippen LogP) is 1.90. The van der Waals surface area contributed by atoms with Crippen LogP contribution >= 0.6 is 0 Å². The molecular weight excluding hydrogens is 278 g/mol. The molecule has 0 amide bonds. The average molecular weight is 301 g/mol. The van der Waals surface area contributed by atoms with Gasteiger partial charge < -0.3 is 9.84 Å². The summed E-state index contributed by atoms with van der Waals surface area (Å²) in [6.45, 7) is 4.46. The third-order valence-electron chi connectivity index (χ3n) is 2.95. The fourth-order valence-corrected chi connectivity index (χ4v) is 3.05. The first kappa shape index (κ1) is 16.9. The highest BCUT2D eigenvalue weighted by Crippen LogP contribution is 2.24. The van der Waals surface area contributed by atoms with Gasteiger partial charge in [-0.05, 0) is 36.5 Å². The van der Waals surface area contributed by atoms with Gasteiger partial charge in [0.2, 0.25) is 10.0 Å². The summed E-state index contributed by atoms with van der Waals surface area (Å²) in [6, 6.07) is 4.56. The van der Waals surface area contributed by atoms with Gasteiger partial charge in [0.1, 0.15) is 10.6 Å². The molecule has 2 N–H and O–H groups in total. The summed E-state index contributed by atoms with van der Waals surface area (Å²) in [7, 11) is -2.17. The van der Waals surface area contributed by atoms with Crippen molar-refractivity contribution in [1.29, 1.82) is 0 Å². The molecule has 0 atom stereocenters. The summed E-state index contributed by atoms with van der Waals surface area (Å²) in [4.78, 5) is 0.0988. The predicted molar refractivity (Wildman–Crippen MR) is 78.2 cm³/mol. The molecule has 20 heavy (non-hydrogen) atoms. The van der Waals surface area contributed by atoms with Crippen LogP contribution in [0.15, 0.2) is 23.1 Å². The first-order chi connectivity index (χ1) is 9.40. The lowest BCUT2D eigenvalue weighted by molar-refractivity contribution is 0.280. The topological polar surface area (TPSA) is 75.6 Å². The van der Waals surface area contributed by atoms with Crippen LogP contribution in [-0.4, -0.2) is 27.2 Å². The monoisotopic (exact) mass is 301 g/mol. The molecular formula is C14H23NO4S. The van der Waals surface area contributed by atoms with E-state index in [0.717, 1.165) is 12.8 Å². The highest BCUT2D eigenvalue weighted by Gasteiger charge is 2.19. The fourth-order valence-electron chi connectivity index (χ4n) is 1.83. The Bertz CT molecular complexity index is 526. The molecule has 0 bridgehead atoms. The zero-order valence-electron chi connectivity index (χ0n) is 12.2. The van der Waals surface area contributed by atoms with E-state index in [4.69, 9.17) is 9.84 Å². The summed E-state index contributed by atoms with van der Waals surface area (Å²) in [6.07, 6.45) is 1.77. The molecule has 0 fully saturated rings. The maximum atomic E-state index is 12.2. The largest absolute Gasteiger partial charge is 0.495 e. The maximum absolute atomic E-state index is 12.2. The second-order valence-corrected chi connectivity index (χ2v) is 6.81. The van der Waals surface area contributed by atoms with E-state index in [1.54, 1.807) is 6.07 Å². The number of nitrogens with one attached hydrogen (secondary N) is 1. The van der Waals surface area contributed by atoms with E-state index in [9.17, 15) is 8.42 Å². The third kappa shape index (κ3) is 4.77. The van der Waals surface area contributed by atoms with Gasteiger partial charge in [0.15, 0.2) is 0 Å². The van der Waals surface area contributed by atoms with Crippen LogP contribution in [0, 0.1) is 5.92 Å². The van der Waals surface area contributed by atoms with Crippen LogP contribution in [0.3, 0.4) is 0 Å². The molecule has 0 saturated carbocycles. The van der Waals surface area contributed by atoms with Gasteiger partial charge in [0.05, 0.1) is 13.7 Å². The van der Waals surface area contributed by atoms with Gasteiger partial charge in [-0.15, -0.1) is 0 Å². The first-order valence-corrected chi connectivity index (χ1v) is 8.16. The molecule has 0 unspecified atom stereocenters. The number of benzene rings is 1. The average Bonchev–Trinajstić information content (AvgIpc) is 2.42. The number of aliphatic hydroxyl groups is 1. The Kier molecular flexibility index (Phi) is 6.45. The molecule has 0 radical (unpaired) electrons. The summed E-state index contributed by atoms with van der Waals surface area (Å²) in [5, 5.41) is 9.06. The molecule has 0 aliphatic heterocycles. The van der Waals surface area contributed by atoms with Crippen molar-refractivity contribution in [3.05, 3.63) is 23.8 Å². The Morgan fingerprint density at radius 2 is 2.05 bits per heavy atom. The second kappa shape index (κ2) is 7.61. The van der Waals surface area contributed by atoms with Gasteiger partial charge in [-0.3, -0.25) is 0 Å². The van der Waals surface area contributed by atoms with Crippen molar-refractivity contribution in [2.45, 2.75) is 38.2 Å². The molecule has 1 aromatic rings.